The van der Waals surface area contributed by atoms with Gasteiger partial charge >= 0.3 is 0 Å². The zero-order valence-corrected chi connectivity index (χ0v) is 10.2. The highest BCUT2D eigenvalue weighted by Crippen LogP contribution is 2.07. The van der Waals surface area contributed by atoms with Gasteiger partial charge in [-0.25, -0.2) is 9.97 Å². The largest absolute Gasteiger partial charge is 0.352 e. The van der Waals surface area contributed by atoms with E-state index in [0.717, 1.165) is 9.99 Å². The van der Waals surface area contributed by atoms with Gasteiger partial charge in [0.2, 0.25) is 11.9 Å². The van der Waals surface area contributed by atoms with Gasteiger partial charge in [0.05, 0.1) is 0 Å². The first-order chi connectivity index (χ1) is 7.24. The first-order valence-electron chi connectivity index (χ1n) is 4.75. The number of carbonyl (C=O) groups is 1. The monoisotopic (exact) mass is 318 g/mol. The number of carbonyl (C=O) groups excluding carboxylic acids is 1. The molecule has 0 aromatic carbocycles. The molecule has 0 aliphatic carbocycles. The molecular formula is C9H11IN4O. The normalized spacial score (nSPS) is 20.1. The molecule has 1 aliphatic heterocycles. The zero-order valence-electron chi connectivity index (χ0n) is 8.03. The highest BCUT2D eigenvalue weighted by molar-refractivity contribution is 14.1. The third kappa shape index (κ3) is 3.01. The van der Waals surface area contributed by atoms with Crippen molar-refractivity contribution in [3.05, 3.63) is 16.0 Å². The summed E-state index contributed by atoms with van der Waals surface area (Å²) in [7, 11) is 0. The van der Waals surface area contributed by atoms with E-state index in [2.05, 4.69) is 43.2 Å². The van der Waals surface area contributed by atoms with Crippen molar-refractivity contribution in [1.29, 1.82) is 0 Å². The van der Waals surface area contributed by atoms with Gasteiger partial charge in [0.1, 0.15) is 0 Å². The lowest BCUT2D eigenvalue weighted by molar-refractivity contribution is -0.119. The van der Waals surface area contributed by atoms with E-state index < -0.39 is 0 Å². The second-order valence-electron chi connectivity index (χ2n) is 3.41. The van der Waals surface area contributed by atoms with Crippen LogP contribution >= 0.6 is 22.6 Å². The summed E-state index contributed by atoms with van der Waals surface area (Å²) < 4.78 is 1.01. The Morgan fingerprint density at radius 1 is 1.53 bits per heavy atom. The van der Waals surface area contributed by atoms with E-state index in [1.165, 1.54) is 0 Å². The van der Waals surface area contributed by atoms with Crippen molar-refractivity contribution in [3.8, 4) is 0 Å². The number of hydrogen-bond donors (Lipinski definition) is 2. The molecule has 1 amide bonds. The van der Waals surface area contributed by atoms with Crippen molar-refractivity contribution in [2.75, 3.05) is 11.9 Å². The molecule has 0 spiro atoms. The average molecular weight is 318 g/mol. The Hall–Kier alpha value is -0.920. The van der Waals surface area contributed by atoms with Gasteiger partial charge in [-0.15, -0.1) is 0 Å². The summed E-state index contributed by atoms with van der Waals surface area (Å²) in [5.41, 5.74) is 0. The van der Waals surface area contributed by atoms with E-state index >= 15 is 0 Å². The number of hydrogen-bond acceptors (Lipinski definition) is 4. The Morgan fingerprint density at radius 3 is 2.87 bits per heavy atom. The fraction of sp³-hybridized carbons (Fsp3) is 0.444. The van der Waals surface area contributed by atoms with Gasteiger partial charge in [0, 0.05) is 35.0 Å². The highest BCUT2D eigenvalue weighted by atomic mass is 127. The second kappa shape index (κ2) is 4.73. The lowest BCUT2D eigenvalue weighted by Gasteiger charge is -2.10. The fourth-order valence-corrected chi connectivity index (χ4v) is 1.73. The molecule has 80 valence electrons. The second-order valence-corrected chi connectivity index (χ2v) is 4.65. The summed E-state index contributed by atoms with van der Waals surface area (Å²) in [6.45, 7) is 0.687. The Bertz CT molecular complexity index is 354. The van der Waals surface area contributed by atoms with Crippen LogP contribution in [0.4, 0.5) is 5.95 Å². The average Bonchev–Trinajstić information content (AvgIpc) is 2.64. The summed E-state index contributed by atoms with van der Waals surface area (Å²) >= 11 is 2.16. The van der Waals surface area contributed by atoms with E-state index in [1.807, 2.05) is 0 Å². The maximum absolute atomic E-state index is 10.9. The van der Waals surface area contributed by atoms with Gasteiger partial charge in [-0.2, -0.15) is 0 Å². The van der Waals surface area contributed by atoms with Crippen LogP contribution in [0.15, 0.2) is 12.4 Å². The predicted octanol–water partition coefficient (Wildman–Crippen LogP) is 0.772. The minimum absolute atomic E-state index is 0.130. The minimum Gasteiger partial charge on any atom is -0.352 e. The molecule has 2 heterocycles. The Kier molecular flexibility index (Phi) is 3.34. The molecule has 1 fully saturated rings. The summed E-state index contributed by atoms with van der Waals surface area (Å²) in [5.74, 6) is 0.738. The van der Waals surface area contributed by atoms with Gasteiger partial charge in [-0.05, 0) is 29.0 Å². The summed E-state index contributed by atoms with van der Waals surface area (Å²) in [6, 6.07) is 0.209. The molecule has 0 saturated carbocycles. The van der Waals surface area contributed by atoms with Crippen LogP contribution in [-0.4, -0.2) is 28.5 Å². The number of amides is 1. The van der Waals surface area contributed by atoms with Crippen LogP contribution in [0.1, 0.15) is 12.8 Å². The van der Waals surface area contributed by atoms with Gasteiger partial charge in [0.15, 0.2) is 0 Å². The molecule has 1 saturated heterocycles. The molecule has 1 aliphatic rings. The van der Waals surface area contributed by atoms with Crippen LogP contribution in [-0.2, 0) is 4.79 Å². The predicted molar refractivity (Wildman–Crippen MR) is 64.4 cm³/mol. The molecule has 0 bridgehead atoms. The first-order valence-corrected chi connectivity index (χ1v) is 5.83. The molecule has 6 heteroatoms. The highest BCUT2D eigenvalue weighted by Gasteiger charge is 2.20. The van der Waals surface area contributed by atoms with Gasteiger partial charge < -0.3 is 10.6 Å². The van der Waals surface area contributed by atoms with E-state index in [-0.39, 0.29) is 11.9 Å². The molecule has 1 aromatic heterocycles. The fourth-order valence-electron chi connectivity index (χ4n) is 1.45. The number of nitrogens with one attached hydrogen (secondary N) is 2. The van der Waals surface area contributed by atoms with Crippen molar-refractivity contribution in [2.45, 2.75) is 18.9 Å². The van der Waals surface area contributed by atoms with Crippen LogP contribution < -0.4 is 10.6 Å². The van der Waals surface area contributed by atoms with Crippen molar-refractivity contribution in [2.24, 2.45) is 0 Å². The molecule has 1 unspecified atom stereocenters. The van der Waals surface area contributed by atoms with Gasteiger partial charge in [0.25, 0.3) is 0 Å². The number of rotatable bonds is 3. The molecule has 5 nitrogen and oxygen atoms in total. The standard InChI is InChI=1S/C9H11IN4O/c10-6-3-11-9(12-4-6)13-5-7-1-2-8(15)14-7/h3-4,7H,1-2,5H2,(H,14,15)(H,11,12,13). The van der Waals surface area contributed by atoms with E-state index in [0.29, 0.717) is 18.9 Å². The molecular weight excluding hydrogens is 307 g/mol. The maximum Gasteiger partial charge on any atom is 0.222 e. The Balaban J connectivity index is 1.83. The van der Waals surface area contributed by atoms with Crippen LogP contribution in [0.25, 0.3) is 0 Å². The summed E-state index contributed by atoms with van der Waals surface area (Å²) in [6.07, 6.45) is 5.02. The van der Waals surface area contributed by atoms with Crippen LogP contribution in [0.3, 0.4) is 0 Å². The first kappa shape index (κ1) is 10.6. The van der Waals surface area contributed by atoms with Crippen LogP contribution in [0, 0.1) is 3.57 Å². The van der Waals surface area contributed by atoms with E-state index in [1.54, 1.807) is 12.4 Å². The van der Waals surface area contributed by atoms with Gasteiger partial charge in [-0.1, -0.05) is 0 Å². The minimum atomic E-state index is 0.130. The van der Waals surface area contributed by atoms with Crippen molar-refractivity contribution in [3.63, 3.8) is 0 Å². The summed E-state index contributed by atoms with van der Waals surface area (Å²) in [5, 5.41) is 5.97. The number of anilines is 1. The summed E-state index contributed by atoms with van der Waals surface area (Å²) in [4.78, 5) is 19.2. The van der Waals surface area contributed by atoms with Crippen LogP contribution in [0.2, 0.25) is 0 Å². The van der Waals surface area contributed by atoms with Crippen molar-refractivity contribution in [1.82, 2.24) is 15.3 Å². The molecule has 1 atom stereocenters. The quantitative estimate of drug-likeness (QED) is 0.808. The van der Waals surface area contributed by atoms with Crippen molar-refractivity contribution < 1.29 is 4.79 Å². The zero-order chi connectivity index (χ0) is 10.7. The van der Waals surface area contributed by atoms with Crippen LogP contribution in [0.5, 0.6) is 0 Å². The number of nitrogens with zero attached hydrogens (tertiary/aromatic N) is 2. The van der Waals surface area contributed by atoms with E-state index in [4.69, 9.17) is 0 Å². The third-order valence-corrected chi connectivity index (χ3v) is 2.77. The number of halogens is 1. The van der Waals surface area contributed by atoms with Gasteiger partial charge in [-0.3, -0.25) is 4.79 Å². The molecule has 15 heavy (non-hydrogen) atoms. The molecule has 1 aromatic rings. The number of aromatic nitrogens is 2. The smallest absolute Gasteiger partial charge is 0.222 e. The molecule has 2 rings (SSSR count). The maximum atomic E-state index is 10.9. The SMILES string of the molecule is O=C1CCC(CNc2ncc(I)cn2)N1. The van der Waals surface area contributed by atoms with E-state index in [9.17, 15) is 4.79 Å². The topological polar surface area (TPSA) is 66.9 Å². The molecule has 2 N–H and O–H groups in total. The van der Waals surface area contributed by atoms with Crippen molar-refractivity contribution >= 4 is 34.4 Å². The lowest BCUT2D eigenvalue weighted by atomic mass is 10.2. The molecule has 0 radical (unpaired) electrons. The Labute approximate surface area is 101 Å². The third-order valence-electron chi connectivity index (χ3n) is 2.21. The Morgan fingerprint density at radius 2 is 2.27 bits per heavy atom. The lowest BCUT2D eigenvalue weighted by Crippen LogP contribution is -2.32.